The van der Waals surface area contributed by atoms with E-state index < -0.39 is 7.12 Å². The largest absolute Gasteiger partial charge is 0.497 e. The van der Waals surface area contributed by atoms with Crippen molar-refractivity contribution in [2.45, 2.75) is 6.61 Å². The number of benzene rings is 1. The lowest BCUT2D eigenvalue weighted by Crippen LogP contribution is -2.29. The highest BCUT2D eigenvalue weighted by atomic mass is 16.5. The summed E-state index contributed by atoms with van der Waals surface area (Å²) in [6.07, 6.45) is 1.37. The van der Waals surface area contributed by atoms with Crippen LogP contribution in [0.25, 0.3) is 0 Å². The molecule has 0 spiro atoms. The molecule has 0 fully saturated rings. The van der Waals surface area contributed by atoms with Crippen molar-refractivity contribution in [3.63, 3.8) is 0 Å². The molecular weight excluding hydrogens is 245 g/mol. The Kier molecular flexibility index (Phi) is 4.38. The molecule has 98 valence electrons. The van der Waals surface area contributed by atoms with Gasteiger partial charge in [0, 0.05) is 11.7 Å². The highest BCUT2D eigenvalue weighted by molar-refractivity contribution is 6.58. The highest BCUT2D eigenvalue weighted by Gasteiger charge is 2.10. The van der Waals surface area contributed by atoms with Crippen molar-refractivity contribution in [2.24, 2.45) is 0 Å². The molecule has 0 amide bonds. The Labute approximate surface area is 111 Å². The fourth-order valence-electron chi connectivity index (χ4n) is 1.51. The summed E-state index contributed by atoms with van der Waals surface area (Å²) < 4.78 is 10.6. The minimum atomic E-state index is -1.51. The molecule has 0 radical (unpaired) electrons. The molecule has 0 saturated heterocycles. The van der Waals surface area contributed by atoms with E-state index >= 15 is 0 Å². The topological polar surface area (TPSA) is 71.8 Å². The van der Waals surface area contributed by atoms with E-state index in [1.165, 1.54) is 6.20 Å². The number of aromatic nitrogens is 1. The number of hydrogen-bond acceptors (Lipinski definition) is 5. The number of nitrogens with zero attached hydrogens (tertiary/aromatic N) is 1. The number of methoxy groups -OCH3 is 1. The second-order valence-corrected chi connectivity index (χ2v) is 3.94. The van der Waals surface area contributed by atoms with Crippen molar-refractivity contribution >= 4 is 12.6 Å². The van der Waals surface area contributed by atoms with Gasteiger partial charge in [0.25, 0.3) is 0 Å². The van der Waals surface area contributed by atoms with Gasteiger partial charge in [-0.25, -0.2) is 4.98 Å². The van der Waals surface area contributed by atoms with E-state index in [9.17, 15) is 0 Å². The molecule has 2 N–H and O–H groups in total. The van der Waals surface area contributed by atoms with E-state index in [4.69, 9.17) is 19.5 Å². The molecule has 0 saturated carbocycles. The SMILES string of the molecule is COc1ccc(COc2ccc(B(O)O)cn2)cc1. The molecule has 5 nitrogen and oxygen atoms in total. The molecule has 19 heavy (non-hydrogen) atoms. The van der Waals surface area contributed by atoms with Gasteiger partial charge in [-0.1, -0.05) is 18.2 Å². The second kappa shape index (κ2) is 6.22. The molecule has 0 unspecified atom stereocenters. The summed E-state index contributed by atoms with van der Waals surface area (Å²) in [4.78, 5) is 3.98. The van der Waals surface area contributed by atoms with E-state index in [0.717, 1.165) is 11.3 Å². The summed E-state index contributed by atoms with van der Waals surface area (Å²) in [5, 5.41) is 17.9. The third-order valence-electron chi connectivity index (χ3n) is 2.60. The molecule has 0 aliphatic rings. The van der Waals surface area contributed by atoms with Gasteiger partial charge in [0.1, 0.15) is 12.4 Å². The van der Waals surface area contributed by atoms with E-state index in [1.807, 2.05) is 24.3 Å². The molecule has 1 aromatic carbocycles. The van der Waals surface area contributed by atoms with Gasteiger partial charge in [-0.15, -0.1) is 0 Å². The summed E-state index contributed by atoms with van der Waals surface area (Å²) in [5.41, 5.74) is 1.32. The first-order valence-electron chi connectivity index (χ1n) is 5.77. The van der Waals surface area contributed by atoms with E-state index in [-0.39, 0.29) is 0 Å². The fourth-order valence-corrected chi connectivity index (χ4v) is 1.51. The zero-order valence-electron chi connectivity index (χ0n) is 10.5. The van der Waals surface area contributed by atoms with Crippen LogP contribution in [-0.2, 0) is 6.61 Å². The van der Waals surface area contributed by atoms with Crippen LogP contribution in [-0.4, -0.2) is 29.3 Å². The van der Waals surface area contributed by atoms with Gasteiger partial charge < -0.3 is 19.5 Å². The van der Waals surface area contributed by atoms with Gasteiger partial charge in [-0.2, -0.15) is 0 Å². The van der Waals surface area contributed by atoms with Crippen molar-refractivity contribution in [1.82, 2.24) is 4.98 Å². The van der Waals surface area contributed by atoms with Crippen LogP contribution in [0.4, 0.5) is 0 Å². The maximum atomic E-state index is 8.93. The first kappa shape index (κ1) is 13.4. The van der Waals surface area contributed by atoms with Gasteiger partial charge in [0.15, 0.2) is 0 Å². The lowest BCUT2D eigenvalue weighted by Gasteiger charge is -2.07. The molecule has 2 rings (SSSR count). The maximum absolute atomic E-state index is 8.93. The quantitative estimate of drug-likeness (QED) is 0.758. The Bertz CT molecular complexity index is 513. The lowest BCUT2D eigenvalue weighted by molar-refractivity contribution is 0.294. The second-order valence-electron chi connectivity index (χ2n) is 3.94. The van der Waals surface area contributed by atoms with Gasteiger partial charge in [0.2, 0.25) is 5.88 Å². The molecule has 1 heterocycles. The van der Waals surface area contributed by atoms with Crippen LogP contribution in [0.5, 0.6) is 11.6 Å². The molecule has 0 aliphatic heterocycles. The minimum Gasteiger partial charge on any atom is -0.497 e. The average molecular weight is 259 g/mol. The predicted octanol–water partition coefficient (Wildman–Crippen LogP) is 0.349. The minimum absolute atomic E-state index is 0.330. The molecule has 0 bridgehead atoms. The fraction of sp³-hybridized carbons (Fsp3) is 0.154. The average Bonchev–Trinajstić information content (AvgIpc) is 2.46. The van der Waals surface area contributed by atoms with Crippen molar-refractivity contribution in [2.75, 3.05) is 7.11 Å². The summed E-state index contributed by atoms with van der Waals surface area (Å²) in [6.45, 7) is 0.387. The van der Waals surface area contributed by atoms with Gasteiger partial charge in [-0.05, 0) is 23.8 Å². The zero-order chi connectivity index (χ0) is 13.7. The van der Waals surface area contributed by atoms with Crippen LogP contribution in [0.15, 0.2) is 42.6 Å². The number of rotatable bonds is 5. The third-order valence-corrected chi connectivity index (χ3v) is 2.60. The van der Waals surface area contributed by atoms with Crippen LogP contribution in [0, 0.1) is 0 Å². The summed E-state index contributed by atoms with van der Waals surface area (Å²) in [6, 6.07) is 10.7. The first-order chi connectivity index (χ1) is 9.19. The standard InChI is InChI=1S/C13H14BNO4/c1-18-12-5-2-10(3-6-12)9-19-13-7-4-11(8-15-13)14(16)17/h2-8,16-17H,9H2,1H3. The van der Waals surface area contributed by atoms with Crippen LogP contribution in [0.1, 0.15) is 5.56 Å². The smallest absolute Gasteiger partial charge is 0.490 e. The molecule has 6 heteroatoms. The predicted molar refractivity (Wildman–Crippen MR) is 71.4 cm³/mol. The van der Waals surface area contributed by atoms with E-state index in [0.29, 0.717) is 17.9 Å². The van der Waals surface area contributed by atoms with Gasteiger partial charge in [-0.3, -0.25) is 0 Å². The van der Waals surface area contributed by atoms with Gasteiger partial charge in [0.05, 0.1) is 7.11 Å². The van der Waals surface area contributed by atoms with Crippen molar-refractivity contribution in [3.05, 3.63) is 48.2 Å². The monoisotopic (exact) mass is 259 g/mol. The van der Waals surface area contributed by atoms with Crippen molar-refractivity contribution < 1.29 is 19.5 Å². The van der Waals surface area contributed by atoms with Crippen molar-refractivity contribution in [1.29, 1.82) is 0 Å². The zero-order valence-corrected chi connectivity index (χ0v) is 10.5. The van der Waals surface area contributed by atoms with Crippen LogP contribution in [0.2, 0.25) is 0 Å². The molecular formula is C13H14BNO4. The molecule has 0 aliphatic carbocycles. The molecule has 1 aromatic heterocycles. The number of hydrogen-bond donors (Lipinski definition) is 2. The Hall–Kier alpha value is -2.05. The van der Waals surface area contributed by atoms with Crippen molar-refractivity contribution in [3.8, 4) is 11.6 Å². The normalized spacial score (nSPS) is 10.1. The summed E-state index contributed by atoms with van der Waals surface area (Å²) in [7, 11) is 0.107. The Balaban J connectivity index is 1.94. The summed E-state index contributed by atoms with van der Waals surface area (Å²) in [5.74, 6) is 1.23. The van der Waals surface area contributed by atoms with Crippen LogP contribution < -0.4 is 14.9 Å². The maximum Gasteiger partial charge on any atom is 0.490 e. The Morgan fingerprint density at radius 3 is 2.37 bits per heavy atom. The van der Waals surface area contributed by atoms with Crippen LogP contribution >= 0.6 is 0 Å². The highest BCUT2D eigenvalue weighted by Crippen LogP contribution is 2.13. The Morgan fingerprint density at radius 2 is 1.84 bits per heavy atom. The van der Waals surface area contributed by atoms with Crippen LogP contribution in [0.3, 0.4) is 0 Å². The number of ether oxygens (including phenoxy) is 2. The van der Waals surface area contributed by atoms with E-state index in [2.05, 4.69) is 4.98 Å². The number of pyridine rings is 1. The third kappa shape index (κ3) is 3.71. The molecule has 2 aromatic rings. The lowest BCUT2D eigenvalue weighted by atomic mass is 9.82. The van der Waals surface area contributed by atoms with Gasteiger partial charge >= 0.3 is 7.12 Å². The van der Waals surface area contributed by atoms with E-state index in [1.54, 1.807) is 19.2 Å². The molecule has 0 atom stereocenters. The summed E-state index contributed by atoms with van der Waals surface area (Å²) >= 11 is 0. The Morgan fingerprint density at radius 1 is 1.11 bits per heavy atom. The first-order valence-corrected chi connectivity index (χ1v) is 5.77.